The third-order valence-corrected chi connectivity index (χ3v) is 2.74. The highest BCUT2D eigenvalue weighted by atomic mass is 16.3. The lowest BCUT2D eigenvalue weighted by Gasteiger charge is -2.29. The summed E-state index contributed by atoms with van der Waals surface area (Å²) in [7, 11) is 0. The lowest BCUT2D eigenvalue weighted by atomic mass is 9.81. The minimum Gasteiger partial charge on any atom is -0.385 e. The van der Waals surface area contributed by atoms with Gasteiger partial charge >= 0.3 is 0 Å². The van der Waals surface area contributed by atoms with Crippen molar-refractivity contribution < 1.29 is 5.11 Å². The SMILES string of the molecule is CC1=CC[C@](C)(O)c2ccccc21. The molecule has 0 spiro atoms. The fraction of sp³-hybridized carbons (Fsp3) is 0.333. The van der Waals surface area contributed by atoms with Crippen LogP contribution in [0.25, 0.3) is 5.57 Å². The Morgan fingerprint density at radius 2 is 2.00 bits per heavy atom. The van der Waals surface area contributed by atoms with Gasteiger partial charge in [0.15, 0.2) is 0 Å². The van der Waals surface area contributed by atoms with Gasteiger partial charge in [0.25, 0.3) is 0 Å². The van der Waals surface area contributed by atoms with Crippen LogP contribution >= 0.6 is 0 Å². The van der Waals surface area contributed by atoms with Gasteiger partial charge in [-0.15, -0.1) is 0 Å². The van der Waals surface area contributed by atoms with Gasteiger partial charge in [-0.05, 0) is 37.0 Å². The second-order valence-corrected chi connectivity index (χ2v) is 3.91. The van der Waals surface area contributed by atoms with Crippen molar-refractivity contribution in [3.63, 3.8) is 0 Å². The van der Waals surface area contributed by atoms with Crippen LogP contribution in [0, 0.1) is 0 Å². The molecule has 0 aliphatic heterocycles. The number of aliphatic hydroxyl groups is 1. The predicted molar refractivity (Wildman–Crippen MR) is 54.3 cm³/mol. The largest absolute Gasteiger partial charge is 0.385 e. The Hall–Kier alpha value is -1.08. The van der Waals surface area contributed by atoms with Crippen molar-refractivity contribution in [1.29, 1.82) is 0 Å². The summed E-state index contributed by atoms with van der Waals surface area (Å²) in [4.78, 5) is 0. The van der Waals surface area contributed by atoms with Crippen LogP contribution in [0.15, 0.2) is 30.3 Å². The second kappa shape index (κ2) is 2.71. The molecule has 0 heterocycles. The van der Waals surface area contributed by atoms with Crippen LogP contribution < -0.4 is 0 Å². The van der Waals surface area contributed by atoms with Crippen LogP contribution in [0.1, 0.15) is 31.4 Å². The van der Waals surface area contributed by atoms with E-state index in [-0.39, 0.29) is 0 Å². The molecular weight excluding hydrogens is 160 g/mol. The topological polar surface area (TPSA) is 20.2 Å². The first kappa shape index (κ1) is 8.52. The second-order valence-electron chi connectivity index (χ2n) is 3.91. The van der Waals surface area contributed by atoms with Crippen molar-refractivity contribution in [1.82, 2.24) is 0 Å². The van der Waals surface area contributed by atoms with Crippen molar-refractivity contribution in [2.24, 2.45) is 0 Å². The monoisotopic (exact) mass is 174 g/mol. The van der Waals surface area contributed by atoms with Crippen LogP contribution in [0.4, 0.5) is 0 Å². The first-order chi connectivity index (χ1) is 6.11. The summed E-state index contributed by atoms with van der Waals surface area (Å²) in [6.45, 7) is 3.96. The molecule has 68 valence electrons. The maximum Gasteiger partial charge on any atom is 0.0908 e. The first-order valence-corrected chi connectivity index (χ1v) is 4.60. The van der Waals surface area contributed by atoms with Crippen LogP contribution in [0.5, 0.6) is 0 Å². The standard InChI is InChI=1S/C12H14O/c1-9-7-8-12(2,13)11-6-4-3-5-10(9)11/h3-7,13H,8H2,1-2H3/t12-/m0/s1. The molecule has 1 aromatic carbocycles. The van der Waals surface area contributed by atoms with Crippen LogP contribution in [-0.2, 0) is 5.60 Å². The molecule has 2 rings (SSSR count). The van der Waals surface area contributed by atoms with Crippen molar-refractivity contribution >= 4 is 5.57 Å². The van der Waals surface area contributed by atoms with Gasteiger partial charge in [-0.3, -0.25) is 0 Å². The van der Waals surface area contributed by atoms with Gasteiger partial charge in [0.1, 0.15) is 0 Å². The van der Waals surface area contributed by atoms with Gasteiger partial charge in [0, 0.05) is 0 Å². The molecule has 0 saturated heterocycles. The summed E-state index contributed by atoms with van der Waals surface area (Å²) in [5, 5.41) is 10.1. The minimum absolute atomic E-state index is 0.684. The normalized spacial score (nSPS) is 26.5. The molecule has 1 aromatic rings. The first-order valence-electron chi connectivity index (χ1n) is 4.60. The minimum atomic E-state index is -0.684. The molecule has 0 saturated carbocycles. The van der Waals surface area contributed by atoms with Gasteiger partial charge in [-0.1, -0.05) is 30.3 Å². The summed E-state index contributed by atoms with van der Waals surface area (Å²) < 4.78 is 0. The molecule has 0 fully saturated rings. The zero-order valence-corrected chi connectivity index (χ0v) is 8.04. The molecule has 1 nitrogen and oxygen atoms in total. The number of hydrogen-bond donors (Lipinski definition) is 1. The van der Waals surface area contributed by atoms with E-state index in [1.165, 1.54) is 11.1 Å². The maximum absolute atomic E-state index is 10.1. The molecule has 1 aliphatic carbocycles. The highest BCUT2D eigenvalue weighted by Crippen LogP contribution is 2.36. The number of allylic oxidation sites excluding steroid dienone is 1. The van der Waals surface area contributed by atoms with Crippen molar-refractivity contribution in [2.75, 3.05) is 0 Å². The van der Waals surface area contributed by atoms with E-state index in [9.17, 15) is 5.11 Å². The van der Waals surface area contributed by atoms with Gasteiger partial charge in [-0.25, -0.2) is 0 Å². The molecule has 0 bridgehead atoms. The molecule has 1 atom stereocenters. The number of fused-ring (bicyclic) bond motifs is 1. The quantitative estimate of drug-likeness (QED) is 0.641. The fourth-order valence-electron chi connectivity index (χ4n) is 1.87. The number of rotatable bonds is 0. The van der Waals surface area contributed by atoms with E-state index in [0.717, 1.165) is 12.0 Å². The summed E-state index contributed by atoms with van der Waals surface area (Å²) in [6, 6.07) is 8.06. The van der Waals surface area contributed by atoms with Gasteiger partial charge < -0.3 is 5.11 Å². The molecule has 0 aromatic heterocycles. The Labute approximate surface area is 78.7 Å². The Morgan fingerprint density at radius 1 is 1.31 bits per heavy atom. The van der Waals surface area contributed by atoms with E-state index in [1.807, 2.05) is 25.1 Å². The molecule has 1 N–H and O–H groups in total. The molecule has 1 aliphatic rings. The molecule has 0 unspecified atom stereocenters. The van der Waals surface area contributed by atoms with E-state index < -0.39 is 5.60 Å². The Bertz CT molecular complexity index is 361. The highest BCUT2D eigenvalue weighted by molar-refractivity contribution is 5.69. The maximum atomic E-state index is 10.1. The van der Waals surface area contributed by atoms with Crippen molar-refractivity contribution in [3.05, 3.63) is 41.5 Å². The smallest absolute Gasteiger partial charge is 0.0908 e. The van der Waals surface area contributed by atoms with E-state index in [2.05, 4.69) is 19.1 Å². The Kier molecular flexibility index (Phi) is 1.77. The van der Waals surface area contributed by atoms with Gasteiger partial charge in [-0.2, -0.15) is 0 Å². The predicted octanol–water partition coefficient (Wildman–Crippen LogP) is 2.70. The van der Waals surface area contributed by atoms with E-state index in [4.69, 9.17) is 0 Å². The Morgan fingerprint density at radius 3 is 2.69 bits per heavy atom. The average molecular weight is 174 g/mol. The van der Waals surface area contributed by atoms with Gasteiger partial charge in [0.2, 0.25) is 0 Å². The van der Waals surface area contributed by atoms with Crippen LogP contribution in [-0.4, -0.2) is 5.11 Å². The molecule has 0 amide bonds. The van der Waals surface area contributed by atoms with Crippen molar-refractivity contribution in [2.45, 2.75) is 25.9 Å². The fourth-order valence-corrected chi connectivity index (χ4v) is 1.87. The molecule has 13 heavy (non-hydrogen) atoms. The van der Waals surface area contributed by atoms with E-state index >= 15 is 0 Å². The third-order valence-electron chi connectivity index (χ3n) is 2.74. The summed E-state index contributed by atoms with van der Waals surface area (Å²) >= 11 is 0. The average Bonchev–Trinajstić information content (AvgIpc) is 2.13. The molecular formula is C12H14O. The number of benzene rings is 1. The lowest BCUT2D eigenvalue weighted by molar-refractivity contribution is 0.0589. The Balaban J connectivity index is 2.64. The molecule has 1 heteroatoms. The summed E-state index contributed by atoms with van der Waals surface area (Å²) in [5.74, 6) is 0. The third kappa shape index (κ3) is 1.29. The zero-order chi connectivity index (χ0) is 9.47. The molecule has 0 radical (unpaired) electrons. The van der Waals surface area contributed by atoms with Crippen molar-refractivity contribution in [3.8, 4) is 0 Å². The lowest BCUT2D eigenvalue weighted by Crippen LogP contribution is -2.24. The van der Waals surface area contributed by atoms with Crippen LogP contribution in [0.3, 0.4) is 0 Å². The highest BCUT2D eigenvalue weighted by Gasteiger charge is 2.27. The van der Waals surface area contributed by atoms with E-state index in [0.29, 0.717) is 0 Å². The summed E-state index contributed by atoms with van der Waals surface area (Å²) in [5.41, 5.74) is 2.81. The van der Waals surface area contributed by atoms with E-state index in [1.54, 1.807) is 0 Å². The zero-order valence-electron chi connectivity index (χ0n) is 8.04. The van der Waals surface area contributed by atoms with Crippen LogP contribution in [0.2, 0.25) is 0 Å². The van der Waals surface area contributed by atoms with Gasteiger partial charge in [0.05, 0.1) is 5.60 Å². The summed E-state index contributed by atoms with van der Waals surface area (Å²) in [6.07, 6.45) is 2.82. The number of hydrogen-bond acceptors (Lipinski definition) is 1.